The first-order valence-corrected chi connectivity index (χ1v) is 11.3. The molecule has 4 rings (SSSR count). The lowest BCUT2D eigenvalue weighted by Gasteiger charge is -2.33. The molecular formula is C19H30N8O2S. The lowest BCUT2D eigenvalue weighted by Crippen LogP contribution is -2.44. The summed E-state index contributed by atoms with van der Waals surface area (Å²) in [5, 5.41) is 12.2. The van der Waals surface area contributed by atoms with E-state index in [-0.39, 0.29) is 13.3 Å². The van der Waals surface area contributed by atoms with Crippen molar-refractivity contribution in [1.82, 2.24) is 33.8 Å². The minimum Gasteiger partial charge on any atom is -0.321 e. The van der Waals surface area contributed by atoms with Crippen LogP contribution in [0.1, 0.15) is 34.1 Å². The second-order valence-electron chi connectivity index (χ2n) is 7.79. The molecule has 30 heavy (non-hydrogen) atoms. The van der Waals surface area contributed by atoms with Crippen molar-refractivity contribution < 1.29 is 8.42 Å². The molecule has 1 aliphatic rings. The fraction of sp³-hybridized carbons (Fsp3) is 0.579. The van der Waals surface area contributed by atoms with Gasteiger partial charge in [-0.3, -0.25) is 4.68 Å². The Balaban J connectivity index is 0.00000256. The molecule has 0 bridgehead atoms. The number of piperidine rings is 1. The quantitative estimate of drug-likeness (QED) is 0.634. The molecule has 0 saturated carbocycles. The number of rotatable bonds is 6. The third-order valence-electron chi connectivity index (χ3n) is 5.21. The Morgan fingerprint density at radius 1 is 1.23 bits per heavy atom. The van der Waals surface area contributed by atoms with Crippen molar-refractivity contribution in [3.05, 3.63) is 24.8 Å². The number of aromatic nitrogens is 6. The summed E-state index contributed by atoms with van der Waals surface area (Å²) >= 11 is 0. The molecule has 1 unspecified atom stereocenters. The zero-order chi connectivity index (χ0) is 20.6. The van der Waals surface area contributed by atoms with Gasteiger partial charge in [0, 0.05) is 39.1 Å². The van der Waals surface area contributed by atoms with E-state index in [9.17, 15) is 8.42 Å². The maximum atomic E-state index is 12.5. The minimum atomic E-state index is -3.23. The molecule has 0 aliphatic carbocycles. The second kappa shape index (κ2) is 8.68. The highest BCUT2D eigenvalue weighted by molar-refractivity contribution is 7.89. The summed E-state index contributed by atoms with van der Waals surface area (Å²) in [6, 6.07) is 0. The topological polar surface area (TPSA) is 111 Å². The van der Waals surface area contributed by atoms with Gasteiger partial charge < -0.3 is 5.32 Å². The van der Waals surface area contributed by atoms with Gasteiger partial charge in [0.1, 0.15) is 0 Å². The van der Waals surface area contributed by atoms with Crippen LogP contribution in [-0.2, 0) is 23.6 Å². The van der Waals surface area contributed by atoms with Crippen LogP contribution in [0.5, 0.6) is 0 Å². The number of fused-ring (bicyclic) bond motifs is 1. The molecular weight excluding hydrogens is 404 g/mol. The summed E-state index contributed by atoms with van der Waals surface area (Å²) in [6.45, 7) is 5.20. The van der Waals surface area contributed by atoms with Gasteiger partial charge in [0.15, 0.2) is 5.65 Å². The summed E-state index contributed by atoms with van der Waals surface area (Å²) in [6.07, 6.45) is 8.86. The predicted molar refractivity (Wildman–Crippen MR) is 117 cm³/mol. The molecule has 0 amide bonds. The van der Waals surface area contributed by atoms with E-state index in [1.807, 2.05) is 17.9 Å². The number of sulfonamides is 1. The lowest BCUT2D eigenvalue weighted by molar-refractivity contribution is 0.240. The van der Waals surface area contributed by atoms with Crippen molar-refractivity contribution in [3.63, 3.8) is 0 Å². The molecule has 1 fully saturated rings. The van der Waals surface area contributed by atoms with Crippen LogP contribution in [0.25, 0.3) is 11.0 Å². The van der Waals surface area contributed by atoms with E-state index in [1.54, 1.807) is 41.4 Å². The van der Waals surface area contributed by atoms with Gasteiger partial charge in [-0.05, 0) is 32.6 Å². The Kier molecular flexibility index (Phi) is 6.41. The first-order valence-electron chi connectivity index (χ1n) is 9.76. The first kappa shape index (κ1) is 22.2. The van der Waals surface area contributed by atoms with Crippen LogP contribution in [0.15, 0.2) is 24.8 Å². The Bertz CT molecular complexity index is 1100. The summed E-state index contributed by atoms with van der Waals surface area (Å²) in [7, 11) is -1.39. The Labute approximate surface area is 177 Å². The number of hydrogen-bond donors (Lipinski definition) is 1. The van der Waals surface area contributed by atoms with Crippen molar-refractivity contribution in [2.75, 3.05) is 18.4 Å². The van der Waals surface area contributed by atoms with Crippen molar-refractivity contribution >= 4 is 32.7 Å². The van der Waals surface area contributed by atoms with Gasteiger partial charge in [-0.1, -0.05) is 7.43 Å². The van der Waals surface area contributed by atoms with Crippen LogP contribution in [0.2, 0.25) is 0 Å². The third kappa shape index (κ3) is 4.46. The number of anilines is 2. The van der Waals surface area contributed by atoms with E-state index < -0.39 is 15.3 Å². The standard InChI is InChI=1S/C18H26N8O2S.CH4/c1-13(2)29(27,28)25-6-4-5-14(10-25)11-26-17-15(8-21-26)7-19-18(23-17)22-16-9-20-24(3)12-16;/h7-9,12-14H,4-6,10-11H2,1-3H3,(H,19,22,23);1H4. The molecule has 4 heterocycles. The summed E-state index contributed by atoms with van der Waals surface area (Å²) in [5.41, 5.74) is 1.54. The fourth-order valence-corrected chi connectivity index (χ4v) is 5.02. The lowest BCUT2D eigenvalue weighted by atomic mass is 10.00. The van der Waals surface area contributed by atoms with Crippen molar-refractivity contribution in [1.29, 1.82) is 0 Å². The van der Waals surface area contributed by atoms with Crippen molar-refractivity contribution in [2.45, 2.75) is 45.9 Å². The highest BCUT2D eigenvalue weighted by Gasteiger charge is 2.31. The van der Waals surface area contributed by atoms with E-state index in [2.05, 4.69) is 25.5 Å². The smallest absolute Gasteiger partial charge is 0.229 e. The molecule has 164 valence electrons. The number of nitrogens with zero attached hydrogens (tertiary/aromatic N) is 7. The largest absolute Gasteiger partial charge is 0.321 e. The van der Waals surface area contributed by atoms with Crippen LogP contribution >= 0.6 is 0 Å². The average Bonchev–Trinajstić information content (AvgIpc) is 3.28. The molecule has 3 aromatic heterocycles. The third-order valence-corrected chi connectivity index (χ3v) is 7.45. The Hall–Kier alpha value is -2.53. The first-order chi connectivity index (χ1) is 13.8. The molecule has 10 nitrogen and oxygen atoms in total. The van der Waals surface area contributed by atoms with E-state index >= 15 is 0 Å². The number of hydrogen-bond acceptors (Lipinski definition) is 7. The van der Waals surface area contributed by atoms with E-state index in [0.717, 1.165) is 29.6 Å². The molecule has 3 aromatic rings. The maximum absolute atomic E-state index is 12.5. The maximum Gasteiger partial charge on any atom is 0.229 e. The van der Waals surface area contributed by atoms with Gasteiger partial charge in [0.05, 0.1) is 28.7 Å². The molecule has 1 atom stereocenters. The minimum absolute atomic E-state index is 0. The van der Waals surface area contributed by atoms with Crippen LogP contribution in [0.4, 0.5) is 11.6 Å². The number of nitrogens with one attached hydrogen (secondary N) is 1. The number of aryl methyl sites for hydroxylation is 1. The van der Waals surface area contributed by atoms with Gasteiger partial charge >= 0.3 is 0 Å². The molecule has 1 saturated heterocycles. The Morgan fingerprint density at radius 2 is 2.03 bits per heavy atom. The summed E-state index contributed by atoms with van der Waals surface area (Å²) in [5.74, 6) is 0.671. The van der Waals surface area contributed by atoms with Gasteiger partial charge in [0.25, 0.3) is 0 Å². The zero-order valence-electron chi connectivity index (χ0n) is 16.9. The molecule has 0 radical (unpaired) electrons. The fourth-order valence-electron chi connectivity index (χ4n) is 3.62. The predicted octanol–water partition coefficient (Wildman–Crippen LogP) is 2.39. The molecule has 11 heteroatoms. The second-order valence-corrected chi connectivity index (χ2v) is 10.3. The molecule has 1 aliphatic heterocycles. The van der Waals surface area contributed by atoms with E-state index in [0.29, 0.717) is 25.6 Å². The van der Waals surface area contributed by atoms with Crippen molar-refractivity contribution in [2.24, 2.45) is 13.0 Å². The normalized spacial score (nSPS) is 17.9. The SMILES string of the molecule is C.CC(C)S(=O)(=O)N1CCCC(Cn2ncc3cnc(Nc4cnn(C)c4)nc32)C1. The van der Waals surface area contributed by atoms with Gasteiger partial charge in [-0.25, -0.2) is 22.4 Å². The monoisotopic (exact) mass is 434 g/mol. The molecule has 0 spiro atoms. The zero-order valence-corrected chi connectivity index (χ0v) is 17.7. The summed E-state index contributed by atoms with van der Waals surface area (Å²) < 4.78 is 30.2. The van der Waals surface area contributed by atoms with Gasteiger partial charge in [0.2, 0.25) is 16.0 Å². The van der Waals surface area contributed by atoms with Gasteiger partial charge in [-0.15, -0.1) is 0 Å². The van der Waals surface area contributed by atoms with E-state index in [1.165, 1.54) is 0 Å². The van der Waals surface area contributed by atoms with Crippen LogP contribution in [-0.4, -0.2) is 60.6 Å². The average molecular weight is 435 g/mol. The highest BCUT2D eigenvalue weighted by atomic mass is 32.2. The van der Waals surface area contributed by atoms with Crippen LogP contribution < -0.4 is 5.32 Å². The highest BCUT2D eigenvalue weighted by Crippen LogP contribution is 2.24. The molecule has 0 aromatic carbocycles. The van der Waals surface area contributed by atoms with Crippen LogP contribution in [0.3, 0.4) is 0 Å². The summed E-state index contributed by atoms with van der Waals surface area (Å²) in [4.78, 5) is 8.95. The van der Waals surface area contributed by atoms with Gasteiger partial charge in [-0.2, -0.15) is 15.2 Å². The van der Waals surface area contributed by atoms with Crippen LogP contribution in [0, 0.1) is 5.92 Å². The molecule has 1 N–H and O–H groups in total. The van der Waals surface area contributed by atoms with Crippen molar-refractivity contribution in [3.8, 4) is 0 Å². The van der Waals surface area contributed by atoms with E-state index in [4.69, 9.17) is 0 Å². The Morgan fingerprint density at radius 3 is 2.73 bits per heavy atom.